The van der Waals surface area contributed by atoms with Gasteiger partial charge in [0.1, 0.15) is 5.75 Å². The summed E-state index contributed by atoms with van der Waals surface area (Å²) in [5.74, 6) is -1.39. The number of nitrogens with zero attached hydrogens (tertiary/aromatic N) is 2. The van der Waals surface area contributed by atoms with Gasteiger partial charge in [0.2, 0.25) is 0 Å². The molecular weight excluding hydrogens is 340 g/mol. The smallest absolute Gasteiger partial charge is 0.266 e. The number of rotatable bonds is 7. The fraction of sp³-hybridized carbons (Fsp3) is 0.176. The fourth-order valence-electron chi connectivity index (χ4n) is 2.04. The normalized spacial score (nSPS) is 10.5. The molecule has 0 atom stereocenters. The van der Waals surface area contributed by atoms with E-state index in [-0.39, 0.29) is 17.9 Å². The van der Waals surface area contributed by atoms with Crippen LogP contribution in [0, 0.1) is 17.0 Å². The summed E-state index contributed by atoms with van der Waals surface area (Å²) in [6.07, 6.45) is 1.19. The highest BCUT2D eigenvalue weighted by molar-refractivity contribution is 5.86. The summed E-state index contributed by atoms with van der Waals surface area (Å²) in [4.78, 5) is 21.8. The lowest BCUT2D eigenvalue weighted by molar-refractivity contribution is -0.398. The van der Waals surface area contributed by atoms with Crippen molar-refractivity contribution >= 4 is 23.5 Å². The molecule has 1 amide bonds. The van der Waals surface area contributed by atoms with Crippen LogP contribution in [0.5, 0.6) is 11.5 Å². The zero-order valence-corrected chi connectivity index (χ0v) is 14.2. The molecule has 0 saturated carbocycles. The molecule has 26 heavy (non-hydrogen) atoms. The van der Waals surface area contributed by atoms with Crippen LogP contribution >= 0.6 is 0 Å². The van der Waals surface area contributed by atoms with Gasteiger partial charge in [-0.25, -0.2) is 5.43 Å². The molecule has 0 saturated heterocycles. The Balaban J connectivity index is 1.96. The van der Waals surface area contributed by atoms with Crippen LogP contribution in [0.2, 0.25) is 0 Å². The number of hydrogen-bond donors (Lipinski definition) is 2. The van der Waals surface area contributed by atoms with Crippen molar-refractivity contribution in [3.05, 3.63) is 57.6 Å². The number of amides is 1. The van der Waals surface area contributed by atoms with Crippen molar-refractivity contribution in [2.75, 3.05) is 19.0 Å². The molecule has 0 spiro atoms. The van der Waals surface area contributed by atoms with E-state index in [0.717, 1.165) is 17.3 Å². The van der Waals surface area contributed by atoms with Crippen LogP contribution in [0.4, 0.5) is 11.4 Å². The molecule has 9 nitrogen and oxygen atoms in total. The first-order valence-electron chi connectivity index (χ1n) is 7.56. The van der Waals surface area contributed by atoms with E-state index in [1.807, 2.05) is 31.2 Å². The Morgan fingerprint density at radius 3 is 2.62 bits per heavy atom. The number of nitrogens with one attached hydrogen (secondary N) is 2. The third-order valence-corrected chi connectivity index (χ3v) is 3.38. The highest BCUT2D eigenvalue weighted by Crippen LogP contribution is 2.33. The minimum absolute atomic E-state index is 0.00334. The summed E-state index contributed by atoms with van der Waals surface area (Å²) in [5, 5.41) is 29.3. The number of hydrazone groups is 1. The fourth-order valence-corrected chi connectivity index (χ4v) is 2.04. The molecule has 0 aliphatic heterocycles. The summed E-state index contributed by atoms with van der Waals surface area (Å²) in [6, 6.07) is 9.89. The van der Waals surface area contributed by atoms with Crippen LogP contribution in [0.25, 0.3) is 0 Å². The van der Waals surface area contributed by atoms with Gasteiger partial charge in [-0.2, -0.15) is 5.10 Å². The molecule has 0 aliphatic carbocycles. The van der Waals surface area contributed by atoms with Gasteiger partial charge in [0, 0.05) is 23.1 Å². The van der Waals surface area contributed by atoms with E-state index in [0.29, 0.717) is 0 Å². The quantitative estimate of drug-likeness (QED) is 0.439. The van der Waals surface area contributed by atoms with Crippen molar-refractivity contribution in [2.24, 2.45) is 5.10 Å². The Labute approximate surface area is 149 Å². The molecule has 2 rings (SSSR count). The summed E-state index contributed by atoms with van der Waals surface area (Å²) in [5.41, 5.74) is 3.82. The lowest BCUT2D eigenvalue weighted by Gasteiger charge is -2.12. The molecule has 0 fully saturated rings. The summed E-state index contributed by atoms with van der Waals surface area (Å²) in [6.45, 7) is 1.97. The number of anilines is 1. The van der Waals surface area contributed by atoms with E-state index in [9.17, 15) is 20.0 Å². The van der Waals surface area contributed by atoms with Gasteiger partial charge in [0.25, 0.3) is 11.6 Å². The highest BCUT2D eigenvalue weighted by Gasteiger charge is 2.12. The standard InChI is InChI=1S/C17H18N4O5/c1-11-3-5-13(6-4-11)18-10-16(22)20-19-9-12-7-14(21(24)25)17(23)15(8-12)26-2/h3-9,18,23H,10H2,1-2H3,(H,20,22)/p-1. The first-order valence-corrected chi connectivity index (χ1v) is 7.56. The molecule has 2 N–H and O–H groups in total. The average molecular weight is 357 g/mol. The number of ether oxygens (including phenoxy) is 1. The van der Waals surface area contributed by atoms with Gasteiger partial charge in [-0.05, 0) is 25.1 Å². The number of hydrogen-bond acceptors (Lipinski definition) is 7. The maximum Gasteiger partial charge on any atom is 0.266 e. The second kappa shape index (κ2) is 8.47. The lowest BCUT2D eigenvalue weighted by atomic mass is 10.2. The summed E-state index contributed by atoms with van der Waals surface area (Å²) >= 11 is 0. The van der Waals surface area contributed by atoms with Gasteiger partial charge in [0.15, 0.2) is 0 Å². The van der Waals surface area contributed by atoms with Crippen LogP contribution in [0.15, 0.2) is 41.5 Å². The molecule has 0 aliphatic rings. The Kier molecular flexibility index (Phi) is 6.10. The number of aryl methyl sites for hydroxylation is 1. The molecular formula is C17H17N4O5-. The van der Waals surface area contributed by atoms with Gasteiger partial charge >= 0.3 is 0 Å². The number of nitro groups is 1. The van der Waals surface area contributed by atoms with Crippen molar-refractivity contribution in [1.82, 2.24) is 5.43 Å². The Morgan fingerprint density at radius 2 is 2.00 bits per heavy atom. The van der Waals surface area contributed by atoms with Crippen LogP contribution < -0.4 is 20.6 Å². The molecule has 2 aromatic carbocycles. The molecule has 0 bridgehead atoms. The first-order chi connectivity index (χ1) is 12.4. The average Bonchev–Trinajstić information content (AvgIpc) is 2.62. The zero-order valence-electron chi connectivity index (χ0n) is 14.2. The van der Waals surface area contributed by atoms with Crippen molar-refractivity contribution < 1.29 is 19.6 Å². The number of methoxy groups -OCH3 is 1. The maximum absolute atomic E-state index is 11.8. The van der Waals surface area contributed by atoms with Crippen LogP contribution in [-0.4, -0.2) is 30.7 Å². The van der Waals surface area contributed by atoms with Gasteiger partial charge in [-0.1, -0.05) is 17.7 Å². The predicted molar refractivity (Wildman–Crippen MR) is 94.5 cm³/mol. The van der Waals surface area contributed by atoms with E-state index in [4.69, 9.17) is 4.74 Å². The minimum atomic E-state index is -0.819. The molecule has 0 aromatic heterocycles. The van der Waals surface area contributed by atoms with Crippen molar-refractivity contribution in [2.45, 2.75) is 6.92 Å². The van der Waals surface area contributed by atoms with E-state index in [2.05, 4.69) is 15.8 Å². The van der Waals surface area contributed by atoms with Crippen LogP contribution in [0.1, 0.15) is 11.1 Å². The first kappa shape index (κ1) is 18.7. The molecule has 136 valence electrons. The number of benzene rings is 2. The number of carbonyl (C=O) groups excluding carboxylic acids is 1. The van der Waals surface area contributed by atoms with E-state index < -0.39 is 22.3 Å². The van der Waals surface area contributed by atoms with Crippen molar-refractivity contribution in [3.63, 3.8) is 0 Å². The van der Waals surface area contributed by atoms with Crippen molar-refractivity contribution in [3.8, 4) is 11.5 Å². The van der Waals surface area contributed by atoms with Crippen LogP contribution in [-0.2, 0) is 4.79 Å². The largest absolute Gasteiger partial charge is 0.865 e. The Morgan fingerprint density at radius 1 is 1.31 bits per heavy atom. The van der Waals surface area contributed by atoms with Gasteiger partial charge in [-0.3, -0.25) is 14.9 Å². The third-order valence-electron chi connectivity index (χ3n) is 3.38. The highest BCUT2D eigenvalue weighted by atomic mass is 16.6. The van der Waals surface area contributed by atoms with E-state index >= 15 is 0 Å². The van der Waals surface area contributed by atoms with Crippen molar-refractivity contribution in [1.29, 1.82) is 0 Å². The monoisotopic (exact) mass is 357 g/mol. The topological polar surface area (TPSA) is 129 Å². The zero-order chi connectivity index (χ0) is 19.1. The second-order valence-electron chi connectivity index (χ2n) is 5.34. The molecule has 0 unspecified atom stereocenters. The Bertz CT molecular complexity index is 834. The summed E-state index contributed by atoms with van der Waals surface area (Å²) in [7, 11) is 1.24. The number of carbonyl (C=O) groups is 1. The molecule has 2 aromatic rings. The molecule has 0 radical (unpaired) electrons. The van der Waals surface area contributed by atoms with Gasteiger partial charge in [-0.15, -0.1) is 0 Å². The van der Waals surface area contributed by atoms with Gasteiger partial charge < -0.3 is 15.2 Å². The van der Waals surface area contributed by atoms with Crippen LogP contribution in [0.3, 0.4) is 0 Å². The summed E-state index contributed by atoms with van der Waals surface area (Å²) < 4.78 is 4.82. The molecule has 0 heterocycles. The molecule has 9 heteroatoms. The second-order valence-corrected chi connectivity index (χ2v) is 5.34. The minimum Gasteiger partial charge on any atom is -0.865 e. The van der Waals surface area contributed by atoms with Gasteiger partial charge in [0.05, 0.1) is 24.8 Å². The van der Waals surface area contributed by atoms with E-state index in [1.54, 1.807) is 0 Å². The lowest BCUT2D eigenvalue weighted by Crippen LogP contribution is -2.25. The predicted octanol–water partition coefficient (Wildman–Crippen LogP) is 1.55. The third kappa shape index (κ3) is 4.94. The SMILES string of the molecule is COc1cc(C=NNC(=O)CNc2ccc(C)cc2)cc([N+](=O)[O-])c1[O-]. The number of nitro benzene ring substituents is 1. The van der Waals surface area contributed by atoms with E-state index in [1.165, 1.54) is 19.4 Å². The Hall–Kier alpha value is -3.62. The maximum atomic E-state index is 11.8.